The number of ether oxygens (including phenoxy) is 1. The van der Waals surface area contributed by atoms with E-state index in [4.69, 9.17) is 16.3 Å². The molecule has 1 amide bonds. The Balaban J connectivity index is 2.30. The van der Waals surface area contributed by atoms with E-state index in [1.165, 1.54) is 12.1 Å². The van der Waals surface area contributed by atoms with Gasteiger partial charge in [0.05, 0.1) is 18.1 Å². The zero-order valence-corrected chi connectivity index (χ0v) is 12.9. The molecule has 0 aliphatic rings. The molecule has 2 atom stereocenters. The lowest BCUT2D eigenvalue weighted by atomic mass is 10.3. The third-order valence-corrected chi connectivity index (χ3v) is 4.23. The molecule has 1 aromatic rings. The molecule has 112 valence electrons. The van der Waals surface area contributed by atoms with E-state index in [-0.39, 0.29) is 29.2 Å². The van der Waals surface area contributed by atoms with E-state index in [2.05, 4.69) is 5.32 Å². The SMILES string of the molecule is CC(CNC(=O)CCOc1ccc(F)cc1Cl)S(C)=O. The number of nitrogens with one attached hydrogen (secondary N) is 1. The number of benzene rings is 1. The minimum absolute atomic E-state index is 0.0913. The smallest absolute Gasteiger partial charge is 0.223 e. The fourth-order valence-electron chi connectivity index (χ4n) is 1.31. The highest BCUT2D eigenvalue weighted by Gasteiger charge is 2.09. The molecule has 0 saturated heterocycles. The zero-order chi connectivity index (χ0) is 15.1. The molecule has 0 heterocycles. The van der Waals surface area contributed by atoms with Crippen LogP contribution in [0.3, 0.4) is 0 Å². The molecule has 0 radical (unpaired) electrons. The van der Waals surface area contributed by atoms with E-state index >= 15 is 0 Å². The minimum atomic E-state index is -0.966. The first-order chi connectivity index (χ1) is 9.40. The molecule has 4 nitrogen and oxygen atoms in total. The Morgan fingerprint density at radius 3 is 2.85 bits per heavy atom. The van der Waals surface area contributed by atoms with Crippen LogP contribution in [0, 0.1) is 5.82 Å². The van der Waals surface area contributed by atoms with Crippen LogP contribution < -0.4 is 10.1 Å². The average Bonchev–Trinajstić information content (AvgIpc) is 2.38. The van der Waals surface area contributed by atoms with Crippen molar-refractivity contribution in [3.05, 3.63) is 29.0 Å². The van der Waals surface area contributed by atoms with Crippen molar-refractivity contribution in [3.63, 3.8) is 0 Å². The van der Waals surface area contributed by atoms with Crippen molar-refractivity contribution in [1.82, 2.24) is 5.32 Å². The predicted molar refractivity (Wildman–Crippen MR) is 78.1 cm³/mol. The lowest BCUT2D eigenvalue weighted by molar-refractivity contribution is -0.121. The summed E-state index contributed by atoms with van der Waals surface area (Å²) in [5.74, 6) is -0.300. The van der Waals surface area contributed by atoms with E-state index in [1.807, 2.05) is 0 Å². The molecule has 0 saturated carbocycles. The molecule has 1 aromatic carbocycles. The highest BCUT2D eigenvalue weighted by molar-refractivity contribution is 7.84. The van der Waals surface area contributed by atoms with Crippen molar-refractivity contribution < 1.29 is 18.1 Å². The first kappa shape index (κ1) is 16.9. The Labute approximate surface area is 125 Å². The molecular formula is C13H17ClFNO3S. The Morgan fingerprint density at radius 2 is 2.25 bits per heavy atom. The van der Waals surface area contributed by atoms with Crippen LogP contribution in [0.4, 0.5) is 4.39 Å². The van der Waals surface area contributed by atoms with Gasteiger partial charge in [0.15, 0.2) is 0 Å². The summed E-state index contributed by atoms with van der Waals surface area (Å²) in [5, 5.41) is 2.74. The summed E-state index contributed by atoms with van der Waals surface area (Å²) < 4.78 is 29.2. The number of rotatable bonds is 7. The second-order valence-corrected chi connectivity index (χ2v) is 6.50. The highest BCUT2D eigenvalue weighted by atomic mass is 35.5. The second kappa shape index (κ2) is 8.21. The van der Waals surface area contributed by atoms with Crippen LogP contribution in [0.25, 0.3) is 0 Å². The van der Waals surface area contributed by atoms with Gasteiger partial charge in [-0.05, 0) is 25.1 Å². The molecule has 7 heteroatoms. The van der Waals surface area contributed by atoms with E-state index < -0.39 is 16.6 Å². The summed E-state index contributed by atoms with van der Waals surface area (Å²) in [6, 6.07) is 3.80. The maximum atomic E-state index is 12.8. The van der Waals surface area contributed by atoms with Gasteiger partial charge < -0.3 is 10.1 Å². The van der Waals surface area contributed by atoms with Crippen LogP contribution in [-0.2, 0) is 15.6 Å². The van der Waals surface area contributed by atoms with Gasteiger partial charge in [0.2, 0.25) is 5.91 Å². The summed E-state index contributed by atoms with van der Waals surface area (Å²) in [6.45, 7) is 2.30. The van der Waals surface area contributed by atoms with Gasteiger partial charge in [0, 0.05) is 28.9 Å². The quantitative estimate of drug-likeness (QED) is 0.837. The molecule has 0 fully saturated rings. The van der Waals surface area contributed by atoms with E-state index in [1.54, 1.807) is 13.2 Å². The molecule has 0 aliphatic carbocycles. The van der Waals surface area contributed by atoms with Crippen LogP contribution in [-0.4, -0.2) is 34.8 Å². The number of hydrogen-bond donors (Lipinski definition) is 1. The third-order valence-electron chi connectivity index (χ3n) is 2.63. The predicted octanol–water partition coefficient (Wildman–Crippen LogP) is 2.13. The lowest BCUT2D eigenvalue weighted by Crippen LogP contribution is -2.33. The Bertz CT molecular complexity index is 499. The summed E-state index contributed by atoms with van der Waals surface area (Å²) in [4.78, 5) is 11.5. The molecule has 0 bridgehead atoms. The van der Waals surface area contributed by atoms with Gasteiger partial charge in [0.1, 0.15) is 11.6 Å². The molecule has 1 N–H and O–H groups in total. The minimum Gasteiger partial charge on any atom is -0.491 e. The van der Waals surface area contributed by atoms with Crippen molar-refractivity contribution in [2.75, 3.05) is 19.4 Å². The van der Waals surface area contributed by atoms with Crippen LogP contribution in [0.1, 0.15) is 13.3 Å². The molecule has 0 aromatic heterocycles. The van der Waals surface area contributed by atoms with Crippen molar-refractivity contribution in [2.45, 2.75) is 18.6 Å². The van der Waals surface area contributed by atoms with Gasteiger partial charge in [-0.25, -0.2) is 4.39 Å². The van der Waals surface area contributed by atoms with Gasteiger partial charge in [-0.15, -0.1) is 0 Å². The van der Waals surface area contributed by atoms with Gasteiger partial charge in [-0.2, -0.15) is 0 Å². The van der Waals surface area contributed by atoms with Gasteiger partial charge in [0.25, 0.3) is 0 Å². The fourth-order valence-corrected chi connectivity index (χ4v) is 1.85. The summed E-state index contributed by atoms with van der Waals surface area (Å²) in [6.07, 6.45) is 1.74. The Morgan fingerprint density at radius 1 is 1.55 bits per heavy atom. The largest absolute Gasteiger partial charge is 0.491 e. The molecule has 20 heavy (non-hydrogen) atoms. The summed E-state index contributed by atoms with van der Waals surface area (Å²) in [7, 11) is -0.966. The van der Waals surface area contributed by atoms with E-state index in [0.29, 0.717) is 12.3 Å². The number of amides is 1. The summed E-state index contributed by atoms with van der Waals surface area (Å²) in [5.41, 5.74) is 0. The van der Waals surface area contributed by atoms with Crippen LogP contribution in [0.15, 0.2) is 18.2 Å². The van der Waals surface area contributed by atoms with Crippen LogP contribution >= 0.6 is 11.6 Å². The molecule has 2 unspecified atom stereocenters. The standard InChI is InChI=1S/C13H17ClFNO3S/c1-9(20(2)18)8-16-13(17)5-6-19-12-4-3-10(15)7-11(12)14/h3-4,7,9H,5-6,8H2,1-2H3,(H,16,17). The molecule has 0 aliphatic heterocycles. The zero-order valence-electron chi connectivity index (χ0n) is 11.3. The van der Waals surface area contributed by atoms with Crippen LogP contribution in [0.5, 0.6) is 5.75 Å². The first-order valence-corrected chi connectivity index (χ1v) is 8.07. The maximum Gasteiger partial charge on any atom is 0.223 e. The topological polar surface area (TPSA) is 55.4 Å². The molecule has 0 spiro atoms. The highest BCUT2D eigenvalue weighted by Crippen LogP contribution is 2.24. The number of carbonyl (C=O) groups excluding carboxylic acids is 1. The van der Waals surface area contributed by atoms with Crippen molar-refractivity contribution >= 4 is 28.3 Å². The monoisotopic (exact) mass is 321 g/mol. The van der Waals surface area contributed by atoms with Gasteiger partial charge >= 0.3 is 0 Å². The van der Waals surface area contributed by atoms with E-state index in [9.17, 15) is 13.4 Å². The van der Waals surface area contributed by atoms with Gasteiger partial charge in [-0.3, -0.25) is 9.00 Å². The Kier molecular flexibility index (Phi) is 6.95. The normalized spacial score (nSPS) is 13.6. The fraction of sp³-hybridized carbons (Fsp3) is 0.462. The van der Waals surface area contributed by atoms with Crippen molar-refractivity contribution in [3.8, 4) is 5.75 Å². The van der Waals surface area contributed by atoms with Crippen molar-refractivity contribution in [1.29, 1.82) is 0 Å². The average molecular weight is 322 g/mol. The second-order valence-electron chi connectivity index (χ2n) is 4.29. The van der Waals surface area contributed by atoms with Gasteiger partial charge in [-0.1, -0.05) is 11.6 Å². The summed E-state index contributed by atoms with van der Waals surface area (Å²) >= 11 is 5.78. The Hall–Kier alpha value is -1.14. The maximum absolute atomic E-state index is 12.8. The number of halogens is 2. The van der Waals surface area contributed by atoms with E-state index in [0.717, 1.165) is 6.07 Å². The number of hydrogen-bond acceptors (Lipinski definition) is 3. The lowest BCUT2D eigenvalue weighted by Gasteiger charge is -2.11. The third kappa shape index (κ3) is 5.88. The number of carbonyl (C=O) groups is 1. The van der Waals surface area contributed by atoms with Crippen molar-refractivity contribution in [2.24, 2.45) is 0 Å². The molecule has 1 rings (SSSR count). The van der Waals surface area contributed by atoms with Crippen LogP contribution in [0.2, 0.25) is 5.02 Å². The first-order valence-electron chi connectivity index (χ1n) is 6.07. The molecular weight excluding hydrogens is 305 g/mol.